The highest BCUT2D eigenvalue weighted by Crippen LogP contribution is 2.36. The van der Waals surface area contributed by atoms with E-state index in [0.717, 1.165) is 53.9 Å². The molecular formula is C20H23N7OS. The van der Waals surface area contributed by atoms with Crippen molar-refractivity contribution in [3.05, 3.63) is 46.2 Å². The quantitative estimate of drug-likeness (QED) is 0.666. The molecule has 150 valence electrons. The maximum absolute atomic E-state index is 9.05. The number of nitrogens with zero attached hydrogens (tertiary/aromatic N) is 6. The third-order valence-electron chi connectivity index (χ3n) is 5.19. The van der Waals surface area contributed by atoms with Gasteiger partial charge in [-0.05, 0) is 38.4 Å². The van der Waals surface area contributed by atoms with Crippen molar-refractivity contribution in [3.8, 4) is 11.9 Å². The van der Waals surface area contributed by atoms with Crippen LogP contribution < -0.4 is 10.1 Å². The van der Waals surface area contributed by atoms with Crippen LogP contribution in [0.1, 0.15) is 41.4 Å². The van der Waals surface area contributed by atoms with Crippen LogP contribution in [0, 0.1) is 18.3 Å². The number of nitrogens with one attached hydrogen (secondary N) is 1. The summed E-state index contributed by atoms with van der Waals surface area (Å²) in [6.07, 6.45) is 3.84. The molecule has 1 atom stereocenters. The van der Waals surface area contributed by atoms with Crippen LogP contribution in [0.4, 0.5) is 10.9 Å². The number of aryl methyl sites for hydroxylation is 2. The number of rotatable bonds is 6. The monoisotopic (exact) mass is 409 g/mol. The molecule has 8 nitrogen and oxygen atoms in total. The summed E-state index contributed by atoms with van der Waals surface area (Å²) in [4.78, 5) is 11.5. The molecule has 0 aromatic carbocycles. The molecule has 0 unspecified atom stereocenters. The molecule has 3 aromatic heterocycles. The molecule has 1 N–H and O–H groups in total. The fraction of sp³-hybridized carbons (Fsp3) is 0.400. The summed E-state index contributed by atoms with van der Waals surface area (Å²) in [6.45, 7) is 3.84. The second-order valence-electron chi connectivity index (χ2n) is 7.07. The number of anilines is 2. The summed E-state index contributed by atoms with van der Waals surface area (Å²) in [7, 11) is 3.60. The van der Waals surface area contributed by atoms with Gasteiger partial charge in [-0.3, -0.25) is 4.90 Å². The number of ether oxygens (including phenoxy) is 1. The first-order valence-electron chi connectivity index (χ1n) is 9.48. The van der Waals surface area contributed by atoms with Crippen molar-refractivity contribution in [2.24, 2.45) is 7.05 Å². The number of aromatic nitrogens is 4. The fourth-order valence-corrected chi connectivity index (χ4v) is 4.61. The lowest BCUT2D eigenvalue weighted by atomic mass is 10.1. The van der Waals surface area contributed by atoms with Crippen LogP contribution >= 0.6 is 11.3 Å². The Morgan fingerprint density at radius 3 is 3.10 bits per heavy atom. The fourth-order valence-electron chi connectivity index (χ4n) is 3.85. The van der Waals surface area contributed by atoms with Crippen LogP contribution in [0.3, 0.4) is 0 Å². The van der Waals surface area contributed by atoms with Crippen molar-refractivity contribution in [3.63, 3.8) is 0 Å². The first kappa shape index (κ1) is 19.4. The Morgan fingerprint density at radius 2 is 2.31 bits per heavy atom. The Bertz CT molecular complexity index is 1050. The van der Waals surface area contributed by atoms with Gasteiger partial charge in [-0.15, -0.1) is 11.3 Å². The Morgan fingerprint density at radius 1 is 1.45 bits per heavy atom. The normalized spacial score (nSPS) is 16.7. The molecule has 0 bridgehead atoms. The molecule has 1 fully saturated rings. The number of likely N-dealkylation sites (tertiary alicyclic amines) is 1. The Kier molecular flexibility index (Phi) is 5.47. The summed E-state index contributed by atoms with van der Waals surface area (Å²) < 4.78 is 7.35. The number of hydrogen-bond donors (Lipinski definition) is 1. The molecule has 4 heterocycles. The average molecular weight is 410 g/mol. The zero-order valence-corrected chi connectivity index (χ0v) is 17.5. The van der Waals surface area contributed by atoms with Crippen molar-refractivity contribution in [2.45, 2.75) is 32.4 Å². The van der Waals surface area contributed by atoms with Gasteiger partial charge in [0.25, 0.3) is 0 Å². The van der Waals surface area contributed by atoms with E-state index in [2.05, 4.69) is 31.7 Å². The largest absolute Gasteiger partial charge is 0.481 e. The SMILES string of the molecule is COc1c(CN2CCC[C@@H]2c2csc(Nc3cc(C#N)ccn3)n2)c(C)nn1C. The number of pyridine rings is 1. The molecule has 1 saturated heterocycles. The van der Waals surface area contributed by atoms with E-state index in [-0.39, 0.29) is 6.04 Å². The summed E-state index contributed by atoms with van der Waals surface area (Å²) in [5.41, 5.74) is 3.76. The minimum absolute atomic E-state index is 0.268. The van der Waals surface area contributed by atoms with E-state index in [1.54, 1.807) is 41.5 Å². The minimum Gasteiger partial charge on any atom is -0.481 e. The van der Waals surface area contributed by atoms with E-state index in [1.165, 1.54) is 0 Å². The van der Waals surface area contributed by atoms with E-state index in [0.29, 0.717) is 11.4 Å². The second kappa shape index (κ2) is 8.19. The number of nitriles is 1. The second-order valence-corrected chi connectivity index (χ2v) is 7.93. The molecule has 1 aliphatic rings. The van der Waals surface area contributed by atoms with Crippen molar-refractivity contribution in [1.82, 2.24) is 24.6 Å². The number of hydrogen-bond acceptors (Lipinski definition) is 8. The van der Waals surface area contributed by atoms with Crippen LogP contribution in [0.2, 0.25) is 0 Å². The van der Waals surface area contributed by atoms with Gasteiger partial charge in [-0.1, -0.05) is 0 Å². The van der Waals surface area contributed by atoms with Crippen LogP contribution in [0.15, 0.2) is 23.7 Å². The summed E-state index contributed by atoms with van der Waals surface area (Å²) in [5.74, 6) is 1.45. The van der Waals surface area contributed by atoms with Crippen molar-refractivity contribution < 1.29 is 4.74 Å². The molecule has 1 aliphatic heterocycles. The maximum Gasteiger partial charge on any atom is 0.216 e. The topological polar surface area (TPSA) is 91.9 Å². The van der Waals surface area contributed by atoms with E-state index in [1.807, 2.05) is 14.0 Å². The highest BCUT2D eigenvalue weighted by atomic mass is 32.1. The third kappa shape index (κ3) is 3.95. The van der Waals surface area contributed by atoms with Gasteiger partial charge < -0.3 is 10.1 Å². The van der Waals surface area contributed by atoms with Gasteiger partial charge in [0.2, 0.25) is 5.88 Å². The number of methoxy groups -OCH3 is 1. The summed E-state index contributed by atoms with van der Waals surface area (Å²) >= 11 is 1.55. The molecule has 0 saturated carbocycles. The van der Waals surface area contributed by atoms with E-state index in [4.69, 9.17) is 15.0 Å². The van der Waals surface area contributed by atoms with Crippen LogP contribution in [0.5, 0.6) is 5.88 Å². The van der Waals surface area contributed by atoms with Gasteiger partial charge in [0.15, 0.2) is 5.13 Å². The molecule has 3 aromatic rings. The molecule has 0 aliphatic carbocycles. The summed E-state index contributed by atoms with van der Waals surface area (Å²) in [6, 6.07) is 5.80. The minimum atomic E-state index is 0.268. The van der Waals surface area contributed by atoms with E-state index >= 15 is 0 Å². The molecule has 0 radical (unpaired) electrons. The number of thiazole rings is 1. The lowest BCUT2D eigenvalue weighted by molar-refractivity contribution is 0.240. The molecule has 0 spiro atoms. The third-order valence-corrected chi connectivity index (χ3v) is 5.97. The van der Waals surface area contributed by atoms with E-state index in [9.17, 15) is 0 Å². The zero-order chi connectivity index (χ0) is 20.4. The predicted molar refractivity (Wildman–Crippen MR) is 111 cm³/mol. The van der Waals surface area contributed by atoms with Gasteiger partial charge in [0.05, 0.1) is 41.7 Å². The highest BCUT2D eigenvalue weighted by Gasteiger charge is 2.30. The standard InChI is InChI=1S/C20H23N7OS/c1-13-15(19(28-3)26(2)25-13)11-27-8-4-5-17(27)16-12-29-20(23-16)24-18-9-14(10-21)6-7-22-18/h6-7,9,12,17H,4-5,8,11H2,1-3H3,(H,22,23,24)/t17-/m1/s1. The Balaban J connectivity index is 1.50. The molecular weight excluding hydrogens is 386 g/mol. The van der Waals surface area contributed by atoms with Crippen LogP contribution in [0.25, 0.3) is 0 Å². The van der Waals surface area contributed by atoms with Crippen molar-refractivity contribution in [1.29, 1.82) is 5.26 Å². The Labute approximate surface area is 173 Å². The van der Waals surface area contributed by atoms with Gasteiger partial charge >= 0.3 is 0 Å². The van der Waals surface area contributed by atoms with E-state index < -0.39 is 0 Å². The maximum atomic E-state index is 9.05. The summed E-state index contributed by atoms with van der Waals surface area (Å²) in [5, 5.41) is 19.6. The van der Waals surface area contributed by atoms with Crippen molar-refractivity contribution >= 4 is 22.3 Å². The highest BCUT2D eigenvalue weighted by molar-refractivity contribution is 7.13. The zero-order valence-electron chi connectivity index (χ0n) is 16.7. The lowest BCUT2D eigenvalue weighted by Gasteiger charge is -2.23. The first-order chi connectivity index (χ1) is 14.1. The van der Waals surface area contributed by atoms with Crippen LogP contribution in [-0.4, -0.2) is 38.3 Å². The molecule has 29 heavy (non-hydrogen) atoms. The van der Waals surface area contributed by atoms with Gasteiger partial charge in [-0.25, -0.2) is 14.6 Å². The Hall–Kier alpha value is -2.96. The molecule has 9 heteroatoms. The smallest absolute Gasteiger partial charge is 0.216 e. The van der Waals surface area contributed by atoms with Gasteiger partial charge in [0.1, 0.15) is 5.82 Å². The van der Waals surface area contributed by atoms with Gasteiger partial charge in [0, 0.05) is 25.2 Å². The van der Waals surface area contributed by atoms with Crippen LogP contribution in [-0.2, 0) is 13.6 Å². The van der Waals surface area contributed by atoms with Crippen molar-refractivity contribution in [2.75, 3.05) is 19.0 Å². The molecule has 4 rings (SSSR count). The molecule has 0 amide bonds. The first-order valence-corrected chi connectivity index (χ1v) is 10.4. The van der Waals surface area contributed by atoms with Gasteiger partial charge in [-0.2, -0.15) is 10.4 Å². The average Bonchev–Trinajstić information content (AvgIpc) is 3.42. The predicted octanol–water partition coefficient (Wildman–Crippen LogP) is 3.54. The lowest BCUT2D eigenvalue weighted by Crippen LogP contribution is -2.23.